The van der Waals surface area contributed by atoms with Gasteiger partial charge >= 0.3 is 6.01 Å². The summed E-state index contributed by atoms with van der Waals surface area (Å²) in [6, 6.07) is 0.0763. The highest BCUT2D eigenvalue weighted by Crippen LogP contribution is 2.39. The predicted octanol–water partition coefficient (Wildman–Crippen LogP) is 0.198. The molecule has 1 aromatic rings. The molecule has 7 heteroatoms. The van der Waals surface area contributed by atoms with Crippen LogP contribution in [-0.2, 0) is 4.79 Å². The van der Waals surface area contributed by atoms with Crippen LogP contribution in [0.15, 0.2) is 4.42 Å². The smallest absolute Gasteiger partial charge is 0.322 e. The molecule has 1 heterocycles. The van der Waals surface area contributed by atoms with E-state index in [-0.39, 0.29) is 31.1 Å². The first-order valence-electron chi connectivity index (χ1n) is 6.04. The molecule has 1 aliphatic carbocycles. The van der Waals surface area contributed by atoms with Crippen LogP contribution in [0.25, 0.3) is 0 Å². The molecule has 0 bridgehead atoms. The first kappa shape index (κ1) is 13.0. The number of anilines is 1. The summed E-state index contributed by atoms with van der Waals surface area (Å²) < 4.78 is 5.32. The van der Waals surface area contributed by atoms with Gasteiger partial charge in [0, 0.05) is 12.0 Å². The third-order valence-electron chi connectivity index (χ3n) is 3.02. The van der Waals surface area contributed by atoms with Crippen LogP contribution in [-0.4, -0.2) is 52.4 Å². The summed E-state index contributed by atoms with van der Waals surface area (Å²) in [5, 5.41) is 19.2. The number of nitrogens with zero attached hydrogens (tertiary/aromatic N) is 3. The first-order chi connectivity index (χ1) is 8.60. The van der Waals surface area contributed by atoms with Gasteiger partial charge in [0.25, 0.3) is 0 Å². The Labute approximate surface area is 105 Å². The van der Waals surface area contributed by atoms with Crippen LogP contribution in [0.4, 0.5) is 6.01 Å². The van der Waals surface area contributed by atoms with Gasteiger partial charge in [0.1, 0.15) is 0 Å². The average Bonchev–Trinajstić information content (AvgIpc) is 3.09. The number of aliphatic hydroxyl groups excluding tert-OH is 1. The van der Waals surface area contributed by atoms with Crippen LogP contribution < -0.4 is 5.32 Å². The highest BCUT2D eigenvalue weighted by atomic mass is 16.4. The molecule has 0 aliphatic heterocycles. The van der Waals surface area contributed by atoms with E-state index >= 15 is 0 Å². The van der Waals surface area contributed by atoms with E-state index in [1.807, 2.05) is 6.92 Å². The third-order valence-corrected chi connectivity index (χ3v) is 3.02. The van der Waals surface area contributed by atoms with Gasteiger partial charge in [0.15, 0.2) is 0 Å². The van der Waals surface area contributed by atoms with Crippen molar-refractivity contribution in [3.63, 3.8) is 0 Å². The van der Waals surface area contributed by atoms with Crippen LogP contribution in [0.1, 0.15) is 31.6 Å². The van der Waals surface area contributed by atoms with E-state index in [1.165, 1.54) is 0 Å². The summed E-state index contributed by atoms with van der Waals surface area (Å²) in [5.41, 5.74) is 0. The maximum Gasteiger partial charge on any atom is 0.322 e. The van der Waals surface area contributed by atoms with Crippen LogP contribution in [0, 0.1) is 0 Å². The average molecular weight is 254 g/mol. The Bertz CT molecular complexity index is 416. The Morgan fingerprint density at radius 1 is 1.61 bits per heavy atom. The van der Waals surface area contributed by atoms with E-state index in [2.05, 4.69) is 15.5 Å². The van der Waals surface area contributed by atoms with Crippen molar-refractivity contribution in [2.75, 3.05) is 25.5 Å². The van der Waals surface area contributed by atoms with Crippen molar-refractivity contribution < 1.29 is 14.3 Å². The van der Waals surface area contributed by atoms with Crippen molar-refractivity contribution in [1.29, 1.82) is 0 Å². The highest BCUT2D eigenvalue weighted by Gasteiger charge is 2.29. The fourth-order valence-electron chi connectivity index (χ4n) is 1.46. The molecule has 0 aromatic carbocycles. The van der Waals surface area contributed by atoms with Gasteiger partial charge < -0.3 is 9.52 Å². The van der Waals surface area contributed by atoms with E-state index in [0.717, 1.165) is 12.8 Å². The number of hydrogen-bond acceptors (Lipinski definition) is 6. The summed E-state index contributed by atoms with van der Waals surface area (Å²) in [6.07, 6.45) is 2.15. The quantitative estimate of drug-likeness (QED) is 0.753. The second-order valence-electron chi connectivity index (χ2n) is 4.71. The molecule has 1 atom stereocenters. The van der Waals surface area contributed by atoms with Crippen molar-refractivity contribution in [2.45, 2.75) is 31.7 Å². The SMILES string of the molecule is CC(CO)N(C)CC(=O)Nc1nnc(C2CC2)o1. The first-order valence-corrected chi connectivity index (χ1v) is 6.04. The lowest BCUT2D eigenvalue weighted by atomic mass is 10.3. The van der Waals surface area contributed by atoms with E-state index in [1.54, 1.807) is 11.9 Å². The number of rotatable bonds is 6. The lowest BCUT2D eigenvalue weighted by Crippen LogP contribution is -2.38. The Morgan fingerprint density at radius 2 is 2.33 bits per heavy atom. The Morgan fingerprint density at radius 3 is 2.94 bits per heavy atom. The highest BCUT2D eigenvalue weighted by molar-refractivity contribution is 5.90. The number of amides is 1. The van der Waals surface area contributed by atoms with E-state index in [4.69, 9.17) is 9.52 Å². The van der Waals surface area contributed by atoms with Gasteiger partial charge in [-0.25, -0.2) is 0 Å². The monoisotopic (exact) mass is 254 g/mol. The molecule has 1 saturated carbocycles. The maximum atomic E-state index is 11.7. The minimum Gasteiger partial charge on any atom is -0.408 e. The molecule has 0 radical (unpaired) electrons. The van der Waals surface area contributed by atoms with Crippen LogP contribution in [0.3, 0.4) is 0 Å². The molecule has 100 valence electrons. The van der Waals surface area contributed by atoms with Crippen molar-refractivity contribution in [3.8, 4) is 0 Å². The normalized spacial score (nSPS) is 16.9. The molecule has 0 spiro atoms. The summed E-state index contributed by atoms with van der Waals surface area (Å²) in [6.45, 7) is 2.02. The van der Waals surface area contributed by atoms with Gasteiger partial charge in [-0.05, 0) is 26.8 Å². The van der Waals surface area contributed by atoms with E-state index in [9.17, 15) is 4.79 Å². The third kappa shape index (κ3) is 3.27. The van der Waals surface area contributed by atoms with Gasteiger partial charge in [-0.15, -0.1) is 5.10 Å². The summed E-state index contributed by atoms with van der Waals surface area (Å²) in [5.74, 6) is 0.742. The zero-order valence-electron chi connectivity index (χ0n) is 10.6. The summed E-state index contributed by atoms with van der Waals surface area (Å²) in [4.78, 5) is 13.4. The predicted molar refractivity (Wildman–Crippen MR) is 64.1 cm³/mol. The summed E-state index contributed by atoms with van der Waals surface area (Å²) in [7, 11) is 1.77. The number of nitrogens with one attached hydrogen (secondary N) is 1. The number of likely N-dealkylation sites (N-methyl/N-ethyl adjacent to an activating group) is 1. The minimum absolute atomic E-state index is 0.0101. The second-order valence-corrected chi connectivity index (χ2v) is 4.71. The van der Waals surface area contributed by atoms with Gasteiger partial charge in [0.05, 0.1) is 13.2 Å². The topological polar surface area (TPSA) is 91.5 Å². The number of aromatic nitrogens is 2. The van der Waals surface area contributed by atoms with E-state index < -0.39 is 0 Å². The molecule has 2 N–H and O–H groups in total. The molecule has 1 fully saturated rings. The minimum atomic E-state index is -0.233. The zero-order valence-corrected chi connectivity index (χ0v) is 10.6. The molecule has 18 heavy (non-hydrogen) atoms. The number of aliphatic hydroxyl groups is 1. The van der Waals surface area contributed by atoms with Gasteiger partial charge in [-0.1, -0.05) is 5.10 Å². The van der Waals surface area contributed by atoms with Gasteiger partial charge in [-0.2, -0.15) is 0 Å². The largest absolute Gasteiger partial charge is 0.408 e. The van der Waals surface area contributed by atoms with Crippen LogP contribution >= 0.6 is 0 Å². The molecule has 1 aliphatic rings. The van der Waals surface area contributed by atoms with E-state index in [0.29, 0.717) is 11.8 Å². The second kappa shape index (κ2) is 5.45. The van der Waals surface area contributed by atoms with Crippen LogP contribution in [0.2, 0.25) is 0 Å². The fourth-order valence-corrected chi connectivity index (χ4v) is 1.46. The molecule has 1 amide bonds. The van der Waals surface area contributed by atoms with Gasteiger partial charge in [-0.3, -0.25) is 15.0 Å². The van der Waals surface area contributed by atoms with Crippen LogP contribution in [0.5, 0.6) is 0 Å². The molecule has 0 saturated heterocycles. The van der Waals surface area contributed by atoms with Crippen molar-refractivity contribution >= 4 is 11.9 Å². The Kier molecular flexibility index (Phi) is 3.93. The van der Waals surface area contributed by atoms with Crippen molar-refractivity contribution in [2.24, 2.45) is 0 Å². The fraction of sp³-hybridized carbons (Fsp3) is 0.727. The molecular weight excluding hydrogens is 236 g/mol. The number of carbonyl (C=O) groups excluding carboxylic acids is 1. The molecule has 7 nitrogen and oxygen atoms in total. The maximum absolute atomic E-state index is 11.7. The Hall–Kier alpha value is -1.47. The number of carbonyl (C=O) groups is 1. The molecular formula is C11H18N4O3. The lowest BCUT2D eigenvalue weighted by Gasteiger charge is -2.21. The van der Waals surface area contributed by atoms with Crippen molar-refractivity contribution in [3.05, 3.63) is 5.89 Å². The molecule has 1 aromatic heterocycles. The standard InChI is InChI=1S/C11H18N4O3/c1-7(6-16)15(2)5-9(17)12-11-14-13-10(18-11)8-3-4-8/h7-8,16H,3-6H2,1-2H3,(H,12,14,17). The Balaban J connectivity index is 1.82. The zero-order chi connectivity index (χ0) is 13.1. The van der Waals surface area contributed by atoms with Crippen molar-refractivity contribution in [1.82, 2.24) is 15.1 Å². The number of hydrogen-bond donors (Lipinski definition) is 2. The molecule has 2 rings (SSSR count). The lowest BCUT2D eigenvalue weighted by molar-refractivity contribution is -0.117. The molecule has 1 unspecified atom stereocenters. The summed E-state index contributed by atoms with van der Waals surface area (Å²) >= 11 is 0. The van der Waals surface area contributed by atoms with Gasteiger partial charge in [0.2, 0.25) is 11.8 Å².